The molecule has 1 atom stereocenters. The van der Waals surface area contributed by atoms with Gasteiger partial charge in [0.05, 0.1) is 6.54 Å². The van der Waals surface area contributed by atoms with Crippen LogP contribution in [0.4, 0.5) is 0 Å². The number of aromatic nitrogens is 2. The van der Waals surface area contributed by atoms with Crippen molar-refractivity contribution in [1.82, 2.24) is 14.5 Å². The predicted octanol–water partition coefficient (Wildman–Crippen LogP) is 2.03. The van der Waals surface area contributed by atoms with Gasteiger partial charge in [0.2, 0.25) is 0 Å². The zero-order chi connectivity index (χ0) is 16.2. The Balaban J connectivity index is 1.70. The van der Waals surface area contributed by atoms with Gasteiger partial charge in [-0.2, -0.15) is 0 Å². The summed E-state index contributed by atoms with van der Waals surface area (Å²) in [7, 11) is 1.93. The van der Waals surface area contributed by atoms with E-state index in [-0.39, 0.29) is 11.9 Å². The Morgan fingerprint density at radius 1 is 1.35 bits per heavy atom. The van der Waals surface area contributed by atoms with Crippen LogP contribution >= 0.6 is 0 Å². The van der Waals surface area contributed by atoms with Crippen LogP contribution in [0.2, 0.25) is 0 Å². The summed E-state index contributed by atoms with van der Waals surface area (Å²) >= 11 is 0. The van der Waals surface area contributed by atoms with Gasteiger partial charge in [-0.05, 0) is 18.8 Å². The summed E-state index contributed by atoms with van der Waals surface area (Å²) in [5.41, 5.74) is 0. The highest BCUT2D eigenvalue weighted by Gasteiger charge is 2.34. The third-order valence-electron chi connectivity index (χ3n) is 4.93. The molecule has 0 bridgehead atoms. The fourth-order valence-electron chi connectivity index (χ4n) is 3.54. The van der Waals surface area contributed by atoms with E-state index in [2.05, 4.69) is 4.98 Å². The van der Waals surface area contributed by atoms with Crippen LogP contribution in [0.1, 0.15) is 50.8 Å². The Morgan fingerprint density at radius 3 is 2.74 bits per heavy atom. The summed E-state index contributed by atoms with van der Waals surface area (Å²) in [6.45, 7) is 1.21. The third kappa shape index (κ3) is 3.92. The molecule has 0 spiro atoms. The molecule has 0 radical (unpaired) electrons. The van der Waals surface area contributed by atoms with Crippen molar-refractivity contribution >= 4 is 11.9 Å². The molecule has 1 saturated heterocycles. The molecule has 1 saturated carbocycles. The van der Waals surface area contributed by atoms with Crippen molar-refractivity contribution in [3.05, 3.63) is 18.2 Å². The first kappa shape index (κ1) is 16.0. The third-order valence-corrected chi connectivity index (χ3v) is 4.93. The number of nitrogens with zero attached hydrogens (tertiary/aromatic N) is 3. The zero-order valence-electron chi connectivity index (χ0n) is 13.7. The van der Waals surface area contributed by atoms with E-state index in [9.17, 15) is 9.59 Å². The average molecular weight is 319 g/mol. The normalized spacial score (nSPS) is 22.1. The molecule has 126 valence electrons. The van der Waals surface area contributed by atoms with E-state index in [0.717, 1.165) is 12.4 Å². The minimum atomic E-state index is -0.605. The van der Waals surface area contributed by atoms with E-state index in [1.807, 2.05) is 22.7 Å². The molecule has 1 amide bonds. The first-order valence-corrected chi connectivity index (χ1v) is 8.58. The number of hydrogen-bond donors (Lipinski definition) is 0. The van der Waals surface area contributed by atoms with Gasteiger partial charge in [0.25, 0.3) is 5.91 Å². The van der Waals surface area contributed by atoms with Gasteiger partial charge in [-0.15, -0.1) is 0 Å². The van der Waals surface area contributed by atoms with E-state index in [1.54, 1.807) is 6.20 Å². The molecule has 1 aliphatic carbocycles. The van der Waals surface area contributed by atoms with Crippen molar-refractivity contribution in [3.63, 3.8) is 0 Å². The SMILES string of the molecule is Cn1ccnc1CN(CC1CCCCC1)C(=O)[C@H]1CCC(=O)O1. The summed E-state index contributed by atoms with van der Waals surface area (Å²) < 4.78 is 7.12. The van der Waals surface area contributed by atoms with Crippen LogP contribution in [0.3, 0.4) is 0 Å². The van der Waals surface area contributed by atoms with Gasteiger partial charge in [-0.25, -0.2) is 4.98 Å². The second kappa shape index (κ2) is 7.15. The monoisotopic (exact) mass is 319 g/mol. The number of amides is 1. The first-order valence-electron chi connectivity index (χ1n) is 8.58. The summed E-state index contributed by atoms with van der Waals surface area (Å²) in [4.78, 5) is 30.3. The highest BCUT2D eigenvalue weighted by atomic mass is 16.6. The maximum atomic E-state index is 12.8. The van der Waals surface area contributed by atoms with Crippen molar-refractivity contribution in [3.8, 4) is 0 Å². The minimum Gasteiger partial charge on any atom is -0.452 e. The maximum absolute atomic E-state index is 12.8. The highest BCUT2D eigenvalue weighted by Crippen LogP contribution is 2.26. The van der Waals surface area contributed by atoms with E-state index >= 15 is 0 Å². The van der Waals surface area contributed by atoms with Gasteiger partial charge in [-0.3, -0.25) is 9.59 Å². The van der Waals surface area contributed by atoms with E-state index in [4.69, 9.17) is 4.74 Å². The lowest BCUT2D eigenvalue weighted by Crippen LogP contribution is -2.42. The smallest absolute Gasteiger partial charge is 0.306 e. The van der Waals surface area contributed by atoms with Crippen LogP contribution < -0.4 is 0 Å². The van der Waals surface area contributed by atoms with Gasteiger partial charge in [0, 0.05) is 38.8 Å². The van der Waals surface area contributed by atoms with Crippen molar-refractivity contribution in [2.24, 2.45) is 13.0 Å². The fraction of sp³-hybridized carbons (Fsp3) is 0.706. The van der Waals surface area contributed by atoms with E-state index in [1.165, 1.54) is 32.1 Å². The minimum absolute atomic E-state index is 0.0653. The molecular formula is C17H25N3O3. The molecule has 2 fully saturated rings. The van der Waals surface area contributed by atoms with Gasteiger partial charge >= 0.3 is 5.97 Å². The molecule has 2 aliphatic rings. The Bertz CT molecular complexity index is 563. The van der Waals surface area contributed by atoms with Crippen molar-refractivity contribution < 1.29 is 14.3 Å². The number of carbonyl (C=O) groups excluding carboxylic acids is 2. The average Bonchev–Trinajstić information content (AvgIpc) is 3.16. The van der Waals surface area contributed by atoms with E-state index < -0.39 is 6.10 Å². The largest absolute Gasteiger partial charge is 0.452 e. The summed E-state index contributed by atoms with van der Waals surface area (Å²) in [5.74, 6) is 1.07. The number of aryl methyl sites for hydroxylation is 1. The molecule has 3 rings (SSSR count). The standard InChI is InChI=1S/C17H25N3O3/c1-19-10-9-18-15(19)12-20(11-13-5-3-2-4-6-13)17(22)14-7-8-16(21)23-14/h9-10,13-14H,2-8,11-12H2,1H3/t14-/m1/s1. The molecule has 1 aliphatic heterocycles. The Morgan fingerprint density at radius 2 is 2.13 bits per heavy atom. The molecule has 1 aromatic rings. The number of cyclic esters (lactones) is 1. The second-order valence-corrected chi connectivity index (χ2v) is 6.69. The number of esters is 1. The number of rotatable bonds is 5. The van der Waals surface area contributed by atoms with Crippen LogP contribution in [-0.4, -0.2) is 39.0 Å². The fourth-order valence-corrected chi connectivity index (χ4v) is 3.54. The van der Waals surface area contributed by atoms with Crippen LogP contribution in [0, 0.1) is 5.92 Å². The van der Waals surface area contributed by atoms with Crippen molar-refractivity contribution in [1.29, 1.82) is 0 Å². The molecule has 0 N–H and O–H groups in total. The van der Waals surface area contributed by atoms with Gasteiger partial charge in [0.15, 0.2) is 6.10 Å². The number of carbonyl (C=O) groups is 2. The summed E-state index contributed by atoms with van der Waals surface area (Å²) in [6.07, 6.45) is 10.00. The number of imidazole rings is 1. The lowest BCUT2D eigenvalue weighted by Gasteiger charge is -2.30. The number of hydrogen-bond acceptors (Lipinski definition) is 4. The Labute approximate surface area is 136 Å². The molecule has 6 heteroatoms. The molecule has 2 heterocycles. The molecule has 6 nitrogen and oxygen atoms in total. The Hall–Kier alpha value is -1.85. The Kier molecular flexibility index (Phi) is 4.98. The van der Waals surface area contributed by atoms with E-state index in [0.29, 0.717) is 25.3 Å². The summed E-state index contributed by atoms with van der Waals surface area (Å²) in [6, 6.07) is 0. The van der Waals surface area contributed by atoms with Crippen LogP contribution in [-0.2, 0) is 27.9 Å². The van der Waals surface area contributed by atoms with Crippen LogP contribution in [0.25, 0.3) is 0 Å². The molecule has 23 heavy (non-hydrogen) atoms. The predicted molar refractivity (Wildman–Crippen MR) is 84.3 cm³/mol. The molecular weight excluding hydrogens is 294 g/mol. The lowest BCUT2D eigenvalue weighted by atomic mass is 9.89. The van der Waals surface area contributed by atoms with Gasteiger partial charge in [-0.1, -0.05) is 19.3 Å². The van der Waals surface area contributed by atoms with Crippen molar-refractivity contribution in [2.75, 3.05) is 6.54 Å². The molecule has 0 aromatic carbocycles. The summed E-state index contributed by atoms with van der Waals surface area (Å²) in [5, 5.41) is 0. The van der Waals surface area contributed by atoms with Crippen molar-refractivity contribution in [2.45, 2.75) is 57.6 Å². The quantitative estimate of drug-likeness (QED) is 0.779. The second-order valence-electron chi connectivity index (χ2n) is 6.69. The van der Waals surface area contributed by atoms with Crippen LogP contribution in [0.15, 0.2) is 12.4 Å². The molecule has 1 aromatic heterocycles. The first-order chi connectivity index (χ1) is 11.1. The number of ether oxygens (including phenoxy) is 1. The lowest BCUT2D eigenvalue weighted by molar-refractivity contribution is -0.153. The van der Waals surface area contributed by atoms with Gasteiger partial charge < -0.3 is 14.2 Å². The molecule has 0 unspecified atom stereocenters. The van der Waals surface area contributed by atoms with Gasteiger partial charge in [0.1, 0.15) is 5.82 Å². The van der Waals surface area contributed by atoms with Crippen LogP contribution in [0.5, 0.6) is 0 Å². The zero-order valence-corrected chi connectivity index (χ0v) is 13.7. The maximum Gasteiger partial charge on any atom is 0.306 e. The topological polar surface area (TPSA) is 64.4 Å². The highest BCUT2D eigenvalue weighted by molar-refractivity contribution is 5.86.